The van der Waals surface area contributed by atoms with Crippen LogP contribution >= 0.6 is 11.8 Å². The van der Waals surface area contributed by atoms with Crippen LogP contribution in [0, 0.1) is 5.82 Å². The summed E-state index contributed by atoms with van der Waals surface area (Å²) in [6, 6.07) is 11.2. The Labute approximate surface area is 173 Å². The number of rotatable bonds is 5. The zero-order valence-electron chi connectivity index (χ0n) is 15.9. The molecule has 0 saturated carbocycles. The number of benzene rings is 2. The molecule has 1 aliphatic rings. The minimum Gasteiger partial charge on any atom is -0.308 e. The first-order valence-corrected chi connectivity index (χ1v) is 11.1. The molecule has 2 aromatic rings. The van der Waals surface area contributed by atoms with Crippen LogP contribution in [0.15, 0.2) is 63.2 Å². The summed E-state index contributed by atoms with van der Waals surface area (Å²) in [6.45, 7) is 3.88. The summed E-state index contributed by atoms with van der Waals surface area (Å²) < 4.78 is 40.5. The van der Waals surface area contributed by atoms with Crippen molar-refractivity contribution in [3.63, 3.8) is 0 Å². The lowest BCUT2D eigenvalue weighted by atomic mass is 9.92. The summed E-state index contributed by atoms with van der Waals surface area (Å²) in [6.07, 6.45) is 0. The molecule has 3 N–H and O–H groups in total. The Balaban J connectivity index is 1.86. The van der Waals surface area contributed by atoms with Crippen LogP contribution in [-0.4, -0.2) is 48.5 Å². The van der Waals surface area contributed by atoms with Crippen molar-refractivity contribution in [2.24, 2.45) is 0 Å². The van der Waals surface area contributed by atoms with Crippen molar-refractivity contribution >= 4 is 27.7 Å². The highest BCUT2D eigenvalue weighted by Gasteiger charge is 2.47. The lowest BCUT2D eigenvalue weighted by Crippen LogP contribution is -2.69. The van der Waals surface area contributed by atoms with Gasteiger partial charge in [-0.15, -0.1) is 0 Å². The third kappa shape index (κ3) is 4.62. The van der Waals surface area contributed by atoms with Crippen molar-refractivity contribution < 1.29 is 22.8 Å². The predicted molar refractivity (Wildman–Crippen MR) is 107 cm³/mol. The molecule has 3 rings (SSSR count). The van der Waals surface area contributed by atoms with E-state index in [0.717, 1.165) is 14.1 Å². The number of halogens is 1. The number of hydrogen-bond donors (Lipinski definition) is 3. The Bertz CT molecular complexity index is 980. The molecular weight excluding hydrogens is 417 g/mol. The summed E-state index contributed by atoms with van der Waals surface area (Å²) in [5.41, 5.74) is 0.705. The molecule has 1 aliphatic heterocycles. The third-order valence-electron chi connectivity index (χ3n) is 4.72. The molecular formula is C19H22FN3O4S2. The van der Waals surface area contributed by atoms with E-state index in [1.807, 2.05) is 0 Å². The van der Waals surface area contributed by atoms with E-state index in [1.54, 1.807) is 43.6 Å². The number of sulfonamides is 1. The van der Waals surface area contributed by atoms with Gasteiger partial charge in [0.1, 0.15) is 11.9 Å². The molecule has 29 heavy (non-hydrogen) atoms. The Morgan fingerprint density at radius 1 is 1.17 bits per heavy atom. The fourth-order valence-electron chi connectivity index (χ4n) is 3.31. The van der Waals surface area contributed by atoms with E-state index >= 15 is 0 Å². The van der Waals surface area contributed by atoms with Crippen molar-refractivity contribution in [2.45, 2.75) is 40.1 Å². The van der Waals surface area contributed by atoms with Crippen LogP contribution in [0.1, 0.15) is 13.8 Å². The first kappa shape index (κ1) is 21.7. The average molecular weight is 440 g/mol. The second kappa shape index (κ2) is 8.41. The van der Waals surface area contributed by atoms with E-state index in [1.165, 1.54) is 36.0 Å². The highest BCUT2D eigenvalue weighted by atomic mass is 32.2. The van der Waals surface area contributed by atoms with Gasteiger partial charge in [-0.2, -0.15) is 4.31 Å². The Morgan fingerprint density at radius 3 is 2.28 bits per heavy atom. The standard InChI is InChI=1S/C19H22FN3O4S2/c1-19(2)17(18(24)22-25)23(12-11-21-19)29(26,27)16-9-7-15(8-10-16)28-14-5-3-13(20)4-6-14/h3-10,17,21,25H,11-12H2,1-2H3,(H,22,24). The van der Waals surface area contributed by atoms with Gasteiger partial charge in [0.15, 0.2) is 0 Å². The number of carbonyl (C=O) groups is 1. The SMILES string of the molecule is CC1(C)NCCN(S(=O)(=O)c2ccc(Sc3ccc(F)cc3)cc2)C1C(=O)NO. The van der Waals surface area contributed by atoms with Crippen molar-refractivity contribution in [3.05, 3.63) is 54.3 Å². The molecule has 0 aliphatic carbocycles. The van der Waals surface area contributed by atoms with E-state index in [9.17, 15) is 17.6 Å². The molecule has 1 fully saturated rings. The molecule has 7 nitrogen and oxygen atoms in total. The molecule has 0 bridgehead atoms. The first-order chi connectivity index (χ1) is 13.6. The molecule has 156 valence electrons. The quantitative estimate of drug-likeness (QED) is 0.488. The normalized spacial score (nSPS) is 19.7. The van der Waals surface area contributed by atoms with Crippen LogP contribution in [0.25, 0.3) is 0 Å². The second-order valence-corrected chi connectivity index (χ2v) is 10.2. The van der Waals surface area contributed by atoms with Gasteiger partial charge in [0.05, 0.1) is 4.90 Å². The van der Waals surface area contributed by atoms with E-state index in [0.29, 0.717) is 6.54 Å². The summed E-state index contributed by atoms with van der Waals surface area (Å²) in [5.74, 6) is -1.12. The molecule has 1 saturated heterocycles. The van der Waals surface area contributed by atoms with Crippen molar-refractivity contribution in [3.8, 4) is 0 Å². The van der Waals surface area contributed by atoms with Crippen LogP contribution in [0.4, 0.5) is 4.39 Å². The largest absolute Gasteiger partial charge is 0.308 e. The Kier molecular flexibility index (Phi) is 6.30. The van der Waals surface area contributed by atoms with E-state index < -0.39 is 27.5 Å². The molecule has 1 atom stereocenters. The molecule has 1 heterocycles. The fourth-order valence-corrected chi connectivity index (χ4v) is 5.84. The zero-order valence-corrected chi connectivity index (χ0v) is 17.6. The van der Waals surface area contributed by atoms with E-state index in [2.05, 4.69) is 5.32 Å². The molecule has 0 radical (unpaired) electrons. The van der Waals surface area contributed by atoms with Gasteiger partial charge in [-0.25, -0.2) is 18.3 Å². The minimum atomic E-state index is -3.97. The minimum absolute atomic E-state index is 0.0504. The van der Waals surface area contributed by atoms with Gasteiger partial charge in [-0.05, 0) is 62.4 Å². The topological polar surface area (TPSA) is 98.7 Å². The fraction of sp³-hybridized carbons (Fsp3) is 0.316. The third-order valence-corrected chi connectivity index (χ3v) is 7.62. The van der Waals surface area contributed by atoms with Gasteiger partial charge >= 0.3 is 0 Å². The first-order valence-electron chi connectivity index (χ1n) is 8.89. The van der Waals surface area contributed by atoms with Gasteiger partial charge in [0, 0.05) is 28.4 Å². The maximum Gasteiger partial charge on any atom is 0.263 e. The number of piperazine rings is 1. The second-order valence-electron chi connectivity index (χ2n) is 7.17. The number of hydrogen-bond acceptors (Lipinski definition) is 6. The lowest BCUT2D eigenvalue weighted by Gasteiger charge is -2.44. The van der Waals surface area contributed by atoms with E-state index in [-0.39, 0.29) is 17.3 Å². The number of hydroxylamine groups is 1. The number of carbonyl (C=O) groups excluding carboxylic acids is 1. The Hall–Kier alpha value is -1.98. The van der Waals surface area contributed by atoms with Crippen molar-refractivity contribution in [2.75, 3.05) is 13.1 Å². The van der Waals surface area contributed by atoms with Crippen LogP contribution in [0.5, 0.6) is 0 Å². The number of nitrogens with zero attached hydrogens (tertiary/aromatic N) is 1. The highest BCUT2D eigenvalue weighted by Crippen LogP contribution is 2.31. The maximum absolute atomic E-state index is 13.2. The number of nitrogens with one attached hydrogen (secondary N) is 2. The van der Waals surface area contributed by atoms with Crippen molar-refractivity contribution in [1.82, 2.24) is 15.1 Å². The molecule has 0 spiro atoms. The summed E-state index contributed by atoms with van der Waals surface area (Å²) >= 11 is 1.38. The van der Waals surface area contributed by atoms with Crippen LogP contribution in [0.2, 0.25) is 0 Å². The molecule has 0 aromatic heterocycles. The maximum atomic E-state index is 13.2. The van der Waals surface area contributed by atoms with Crippen LogP contribution in [-0.2, 0) is 14.8 Å². The van der Waals surface area contributed by atoms with Crippen LogP contribution < -0.4 is 10.8 Å². The lowest BCUT2D eigenvalue weighted by molar-refractivity contribution is -0.136. The summed E-state index contributed by atoms with van der Waals surface area (Å²) in [4.78, 5) is 13.9. The van der Waals surface area contributed by atoms with E-state index in [4.69, 9.17) is 5.21 Å². The van der Waals surface area contributed by atoms with Gasteiger partial charge in [-0.1, -0.05) is 11.8 Å². The average Bonchev–Trinajstić information content (AvgIpc) is 2.68. The molecule has 1 amide bonds. The highest BCUT2D eigenvalue weighted by molar-refractivity contribution is 7.99. The Morgan fingerprint density at radius 2 is 1.72 bits per heavy atom. The van der Waals surface area contributed by atoms with Gasteiger partial charge in [0.25, 0.3) is 5.91 Å². The smallest absolute Gasteiger partial charge is 0.263 e. The number of amides is 1. The zero-order chi connectivity index (χ0) is 21.2. The predicted octanol–water partition coefficient (Wildman–Crippen LogP) is 2.22. The molecule has 1 unspecified atom stereocenters. The van der Waals surface area contributed by atoms with Gasteiger partial charge in [0.2, 0.25) is 10.0 Å². The summed E-state index contributed by atoms with van der Waals surface area (Å²) in [7, 11) is -3.97. The monoisotopic (exact) mass is 439 g/mol. The molecule has 2 aromatic carbocycles. The molecule has 10 heteroatoms. The summed E-state index contributed by atoms with van der Waals surface area (Å²) in [5, 5.41) is 12.2. The van der Waals surface area contributed by atoms with Gasteiger partial charge < -0.3 is 5.32 Å². The van der Waals surface area contributed by atoms with Crippen LogP contribution in [0.3, 0.4) is 0 Å². The van der Waals surface area contributed by atoms with Gasteiger partial charge in [-0.3, -0.25) is 10.0 Å². The van der Waals surface area contributed by atoms with Crippen molar-refractivity contribution in [1.29, 1.82) is 0 Å².